The molecule has 12 heteroatoms. The van der Waals surface area contributed by atoms with Crippen LogP contribution in [0.5, 0.6) is 0 Å². The maximum Gasteiger partial charge on any atom is 0.490 e. The van der Waals surface area contributed by atoms with Crippen molar-refractivity contribution in [3.63, 3.8) is 0 Å². The van der Waals surface area contributed by atoms with Crippen LogP contribution >= 0.6 is 15.9 Å². The van der Waals surface area contributed by atoms with Crippen LogP contribution < -0.4 is 10.2 Å². The van der Waals surface area contributed by atoms with Crippen LogP contribution in [-0.4, -0.2) is 51.3 Å². The van der Waals surface area contributed by atoms with E-state index in [-0.39, 0.29) is 0 Å². The molecule has 3 aromatic rings. The molecule has 2 aromatic heterocycles. The van der Waals surface area contributed by atoms with Gasteiger partial charge in [0.05, 0.1) is 18.4 Å². The molecule has 3 rings (SSSR count). The van der Waals surface area contributed by atoms with E-state index >= 15 is 0 Å². The molecule has 0 saturated carbocycles. The Morgan fingerprint density at radius 1 is 1.27 bits per heavy atom. The molecule has 0 aliphatic rings. The van der Waals surface area contributed by atoms with Gasteiger partial charge in [0.1, 0.15) is 11.5 Å². The number of benzene rings is 1. The molecule has 0 aliphatic carbocycles. The molecule has 0 bridgehead atoms. The van der Waals surface area contributed by atoms with Crippen molar-refractivity contribution < 1.29 is 23.1 Å². The summed E-state index contributed by atoms with van der Waals surface area (Å²) in [5, 5.41) is 18.8. The number of carbonyl (C=O) groups is 1. The summed E-state index contributed by atoms with van der Waals surface area (Å²) in [7, 11) is 4.00. The third-order valence-corrected chi connectivity index (χ3v) is 4.26. The van der Waals surface area contributed by atoms with E-state index in [9.17, 15) is 13.2 Å². The second-order valence-electron chi connectivity index (χ2n) is 6.06. The fourth-order valence-corrected chi connectivity index (χ4v) is 2.58. The smallest absolute Gasteiger partial charge is 0.475 e. The predicted molar refractivity (Wildman–Crippen MR) is 109 cm³/mol. The minimum absolute atomic E-state index is 0.564. The van der Waals surface area contributed by atoms with Crippen LogP contribution in [0.15, 0.2) is 53.3 Å². The molecule has 0 spiro atoms. The maximum atomic E-state index is 10.6. The number of carboxylic acids is 1. The molecule has 0 fully saturated rings. The van der Waals surface area contributed by atoms with Gasteiger partial charge in [0.25, 0.3) is 0 Å². The number of nitrogens with one attached hydrogen (secondary N) is 1. The molecule has 30 heavy (non-hydrogen) atoms. The number of hydrogen-bond donors (Lipinski definition) is 2. The van der Waals surface area contributed by atoms with Crippen LogP contribution in [0.4, 0.5) is 24.7 Å². The molecule has 0 radical (unpaired) electrons. The first-order valence-electron chi connectivity index (χ1n) is 8.41. The van der Waals surface area contributed by atoms with Crippen molar-refractivity contribution in [1.29, 1.82) is 0 Å². The summed E-state index contributed by atoms with van der Waals surface area (Å²) >= 11 is 3.52. The van der Waals surface area contributed by atoms with E-state index < -0.39 is 12.1 Å². The van der Waals surface area contributed by atoms with E-state index in [0.29, 0.717) is 6.54 Å². The molecule has 0 saturated heterocycles. The van der Waals surface area contributed by atoms with Gasteiger partial charge in [-0.25, -0.2) is 14.5 Å². The summed E-state index contributed by atoms with van der Waals surface area (Å²) in [6, 6.07) is 11.9. The summed E-state index contributed by atoms with van der Waals surface area (Å²) in [6.45, 7) is 0.564. The Morgan fingerprint density at radius 3 is 2.53 bits per heavy atom. The quantitative estimate of drug-likeness (QED) is 0.566. The number of carboxylic acid groups (broad SMARTS) is 1. The Balaban J connectivity index is 0.000000396. The van der Waals surface area contributed by atoms with Crippen LogP contribution in [-0.2, 0) is 11.3 Å². The SMILES string of the molecule is CN(C)c1ccnc(NCc2cn(-c3ccccc3Br)nn2)c1.O=C(O)C(F)(F)F. The summed E-state index contributed by atoms with van der Waals surface area (Å²) < 4.78 is 34.5. The van der Waals surface area contributed by atoms with Crippen molar-refractivity contribution >= 4 is 33.4 Å². The summed E-state index contributed by atoms with van der Waals surface area (Å²) in [5.41, 5.74) is 2.90. The number of halogens is 4. The number of pyridine rings is 1. The molecule has 2 heterocycles. The second-order valence-corrected chi connectivity index (χ2v) is 6.91. The van der Waals surface area contributed by atoms with Crippen LogP contribution in [0.2, 0.25) is 0 Å². The van der Waals surface area contributed by atoms with Crippen LogP contribution in [0.1, 0.15) is 5.69 Å². The average molecular weight is 487 g/mol. The van der Waals surface area contributed by atoms with Gasteiger partial charge < -0.3 is 15.3 Å². The lowest BCUT2D eigenvalue weighted by Crippen LogP contribution is -2.21. The molecule has 2 N–H and O–H groups in total. The van der Waals surface area contributed by atoms with Crippen LogP contribution in [0.25, 0.3) is 5.69 Å². The highest BCUT2D eigenvalue weighted by Crippen LogP contribution is 2.20. The van der Waals surface area contributed by atoms with E-state index in [1.807, 2.05) is 61.6 Å². The van der Waals surface area contributed by atoms with Crippen LogP contribution in [0, 0.1) is 0 Å². The van der Waals surface area contributed by atoms with Crippen molar-refractivity contribution in [3.8, 4) is 5.69 Å². The van der Waals surface area contributed by atoms with Crippen molar-refractivity contribution in [2.24, 2.45) is 0 Å². The summed E-state index contributed by atoms with van der Waals surface area (Å²) in [6.07, 6.45) is -1.39. The fraction of sp³-hybridized carbons (Fsp3) is 0.222. The number of aliphatic carboxylic acids is 1. The Kier molecular flexibility index (Phi) is 7.75. The second kappa shape index (κ2) is 10.1. The molecular weight excluding hydrogens is 469 g/mol. The summed E-state index contributed by atoms with van der Waals surface area (Å²) in [4.78, 5) is 15.2. The number of anilines is 2. The van der Waals surface area contributed by atoms with Crippen molar-refractivity contribution in [1.82, 2.24) is 20.0 Å². The Labute approximate surface area is 178 Å². The number of rotatable bonds is 5. The van der Waals surface area contributed by atoms with E-state index in [1.165, 1.54) is 0 Å². The topological polar surface area (TPSA) is 96.2 Å². The van der Waals surface area contributed by atoms with Gasteiger partial charge in [-0.1, -0.05) is 17.3 Å². The zero-order valence-corrected chi connectivity index (χ0v) is 17.5. The van der Waals surface area contributed by atoms with Crippen LogP contribution in [0.3, 0.4) is 0 Å². The lowest BCUT2D eigenvalue weighted by atomic mass is 10.3. The zero-order chi connectivity index (χ0) is 22.3. The minimum Gasteiger partial charge on any atom is -0.475 e. The van der Waals surface area contributed by atoms with E-state index in [4.69, 9.17) is 9.90 Å². The van der Waals surface area contributed by atoms with Gasteiger partial charge in [0.15, 0.2) is 0 Å². The van der Waals surface area contributed by atoms with Gasteiger partial charge in [-0.3, -0.25) is 0 Å². The molecule has 1 aromatic carbocycles. The van der Waals surface area contributed by atoms with E-state index in [0.717, 1.165) is 27.4 Å². The first-order valence-corrected chi connectivity index (χ1v) is 9.20. The van der Waals surface area contributed by atoms with E-state index in [2.05, 4.69) is 36.5 Å². The Bertz CT molecular complexity index is 994. The van der Waals surface area contributed by atoms with Gasteiger partial charge >= 0.3 is 12.1 Å². The molecule has 0 atom stereocenters. The molecule has 0 aliphatic heterocycles. The van der Waals surface area contributed by atoms with Crippen molar-refractivity contribution in [2.45, 2.75) is 12.7 Å². The van der Waals surface area contributed by atoms with Crippen molar-refractivity contribution in [3.05, 3.63) is 59.0 Å². The highest BCUT2D eigenvalue weighted by molar-refractivity contribution is 9.10. The predicted octanol–water partition coefficient (Wildman–Crippen LogP) is 3.74. The monoisotopic (exact) mass is 486 g/mol. The zero-order valence-electron chi connectivity index (χ0n) is 15.9. The maximum absolute atomic E-state index is 10.6. The Hall–Kier alpha value is -3.15. The first-order chi connectivity index (χ1) is 14.1. The highest BCUT2D eigenvalue weighted by Gasteiger charge is 2.38. The average Bonchev–Trinajstić information content (AvgIpc) is 3.15. The molecule has 0 amide bonds. The number of aromatic nitrogens is 4. The standard InChI is InChI=1S/C16H17BrN6.C2HF3O2/c1-22(2)13-7-8-18-16(9-13)19-10-12-11-23(21-20-12)15-6-4-3-5-14(15)17;3-2(4,5)1(6)7/h3-9,11H,10H2,1-2H3,(H,18,19);(H,6,7). The largest absolute Gasteiger partial charge is 0.490 e. The van der Waals surface area contributed by atoms with Gasteiger partial charge in [-0.15, -0.1) is 5.10 Å². The molecule has 160 valence electrons. The Morgan fingerprint density at radius 2 is 1.93 bits per heavy atom. The lowest BCUT2D eigenvalue weighted by Gasteiger charge is -2.13. The van der Waals surface area contributed by atoms with Gasteiger partial charge in [-0.2, -0.15) is 13.2 Å². The van der Waals surface area contributed by atoms with Gasteiger partial charge in [-0.05, 0) is 34.1 Å². The number of nitrogens with zero attached hydrogens (tertiary/aromatic N) is 5. The number of para-hydroxylation sites is 1. The number of hydrogen-bond acceptors (Lipinski definition) is 6. The fourth-order valence-electron chi connectivity index (χ4n) is 2.11. The first kappa shape index (κ1) is 23.1. The number of alkyl halides is 3. The van der Waals surface area contributed by atoms with Crippen molar-refractivity contribution in [2.75, 3.05) is 24.3 Å². The molecule has 8 nitrogen and oxygen atoms in total. The van der Waals surface area contributed by atoms with Gasteiger partial charge in [0.2, 0.25) is 0 Å². The highest BCUT2D eigenvalue weighted by atomic mass is 79.9. The molecule has 0 unspecified atom stereocenters. The third kappa shape index (κ3) is 6.72. The summed E-state index contributed by atoms with van der Waals surface area (Å²) in [5.74, 6) is -1.95. The lowest BCUT2D eigenvalue weighted by molar-refractivity contribution is -0.192. The molecular formula is C18H18BrF3N6O2. The van der Waals surface area contributed by atoms with E-state index in [1.54, 1.807) is 10.9 Å². The van der Waals surface area contributed by atoms with Gasteiger partial charge in [0, 0.05) is 36.5 Å². The minimum atomic E-state index is -5.08. The third-order valence-electron chi connectivity index (χ3n) is 3.59. The normalized spacial score (nSPS) is 10.7.